The Balaban J connectivity index is 2.31. The predicted octanol–water partition coefficient (Wildman–Crippen LogP) is 1.50. The van der Waals surface area contributed by atoms with E-state index in [9.17, 15) is 0 Å². The molecule has 1 heterocycles. The molecule has 1 aromatic rings. The van der Waals surface area contributed by atoms with Crippen LogP contribution < -0.4 is 0 Å². The molecule has 0 bridgehead atoms. The van der Waals surface area contributed by atoms with Gasteiger partial charge in [-0.3, -0.25) is 4.98 Å². The minimum atomic E-state index is 0.912. The van der Waals surface area contributed by atoms with E-state index in [1.165, 1.54) is 4.88 Å². The highest BCUT2D eigenvalue weighted by molar-refractivity contribution is 7.80. The lowest BCUT2D eigenvalue weighted by molar-refractivity contribution is 0.352. The predicted molar refractivity (Wildman–Crippen MR) is 52.3 cm³/mol. The number of nitrogens with zero attached hydrogens (tertiary/aromatic N) is 2. The summed E-state index contributed by atoms with van der Waals surface area (Å²) in [5.74, 6) is 0.912. The topological polar surface area (TPSA) is 16.1 Å². The fourth-order valence-corrected chi connectivity index (χ4v) is 1.85. The first-order valence-electron chi connectivity index (χ1n) is 3.49. The molecule has 1 aromatic heterocycles. The number of thiol groups is 1. The van der Waals surface area contributed by atoms with E-state index in [0.29, 0.717) is 0 Å². The molecule has 0 aliphatic heterocycles. The Morgan fingerprint density at radius 3 is 3.09 bits per heavy atom. The summed E-state index contributed by atoms with van der Waals surface area (Å²) >= 11 is 5.86. The first-order chi connectivity index (χ1) is 5.33. The Hall–Kier alpha value is -0.0600. The van der Waals surface area contributed by atoms with Crippen LogP contribution in [0.1, 0.15) is 4.88 Å². The summed E-state index contributed by atoms with van der Waals surface area (Å²) in [7, 11) is 2.09. The summed E-state index contributed by atoms with van der Waals surface area (Å²) in [4.78, 5) is 7.56. The molecule has 4 heteroatoms. The molecule has 2 nitrogen and oxygen atoms in total. The van der Waals surface area contributed by atoms with E-state index in [1.54, 1.807) is 11.3 Å². The monoisotopic (exact) mass is 188 g/mol. The van der Waals surface area contributed by atoms with Gasteiger partial charge in [0.25, 0.3) is 0 Å². The summed E-state index contributed by atoms with van der Waals surface area (Å²) in [5.41, 5.74) is 1.86. The average Bonchev–Trinajstić information content (AvgIpc) is 2.40. The lowest BCUT2D eigenvalue weighted by Crippen LogP contribution is -2.19. The molecule has 11 heavy (non-hydrogen) atoms. The summed E-state index contributed by atoms with van der Waals surface area (Å²) in [6.45, 7) is 2.02. The van der Waals surface area contributed by atoms with Crippen molar-refractivity contribution >= 4 is 24.0 Å². The van der Waals surface area contributed by atoms with Crippen molar-refractivity contribution in [1.82, 2.24) is 9.88 Å². The molecule has 1 rings (SSSR count). The number of thiazole rings is 1. The van der Waals surface area contributed by atoms with Gasteiger partial charge in [-0.25, -0.2) is 0 Å². The third-order valence-electron chi connectivity index (χ3n) is 1.39. The second-order valence-electron chi connectivity index (χ2n) is 2.43. The van der Waals surface area contributed by atoms with E-state index in [2.05, 4.69) is 29.6 Å². The Kier molecular flexibility index (Phi) is 3.90. The van der Waals surface area contributed by atoms with Gasteiger partial charge in [-0.15, -0.1) is 11.3 Å². The van der Waals surface area contributed by atoms with Gasteiger partial charge in [-0.1, -0.05) is 0 Å². The molecule has 0 amide bonds. The number of hydrogen-bond acceptors (Lipinski definition) is 4. The van der Waals surface area contributed by atoms with E-state index in [4.69, 9.17) is 0 Å². The van der Waals surface area contributed by atoms with E-state index in [-0.39, 0.29) is 0 Å². The third-order valence-corrected chi connectivity index (χ3v) is 2.36. The first kappa shape index (κ1) is 9.03. The van der Waals surface area contributed by atoms with Crippen molar-refractivity contribution in [1.29, 1.82) is 0 Å². The van der Waals surface area contributed by atoms with Crippen molar-refractivity contribution in [2.75, 3.05) is 19.3 Å². The smallest absolute Gasteiger partial charge is 0.0794 e. The lowest BCUT2D eigenvalue weighted by Gasteiger charge is -2.12. The van der Waals surface area contributed by atoms with Crippen LogP contribution >= 0.6 is 24.0 Å². The van der Waals surface area contributed by atoms with Crippen molar-refractivity contribution in [2.45, 2.75) is 6.54 Å². The molecule has 0 saturated heterocycles. The lowest BCUT2D eigenvalue weighted by atomic mass is 10.5. The number of hydrogen-bond donors (Lipinski definition) is 1. The van der Waals surface area contributed by atoms with Crippen LogP contribution in [-0.4, -0.2) is 29.2 Å². The second-order valence-corrected chi connectivity index (χ2v) is 3.85. The highest BCUT2D eigenvalue weighted by atomic mass is 32.1. The maximum absolute atomic E-state index is 4.16. The fraction of sp³-hybridized carbons (Fsp3) is 0.571. The Labute approximate surface area is 76.7 Å². The molecule has 0 unspecified atom stereocenters. The molecule has 0 radical (unpaired) electrons. The highest BCUT2D eigenvalue weighted by Crippen LogP contribution is 2.07. The second kappa shape index (κ2) is 4.74. The van der Waals surface area contributed by atoms with E-state index in [1.807, 2.05) is 11.7 Å². The summed E-state index contributed by atoms with van der Waals surface area (Å²) in [6.07, 6.45) is 1.92. The van der Waals surface area contributed by atoms with Crippen LogP contribution in [0.5, 0.6) is 0 Å². The van der Waals surface area contributed by atoms with Gasteiger partial charge in [0.15, 0.2) is 0 Å². The number of aromatic nitrogens is 1. The standard InChI is InChI=1S/C7H12N2S2/c1-9(2-3-10)5-7-4-8-6-11-7/h4,6,10H,2-3,5H2,1H3. The molecular weight excluding hydrogens is 176 g/mol. The van der Waals surface area contributed by atoms with Gasteiger partial charge < -0.3 is 4.90 Å². The average molecular weight is 188 g/mol. The molecule has 62 valence electrons. The summed E-state index contributed by atoms with van der Waals surface area (Å²) in [5, 5.41) is 0. The zero-order valence-corrected chi connectivity index (χ0v) is 8.24. The SMILES string of the molecule is CN(CCS)Cc1cncs1. The van der Waals surface area contributed by atoms with E-state index < -0.39 is 0 Å². The van der Waals surface area contributed by atoms with Gasteiger partial charge >= 0.3 is 0 Å². The van der Waals surface area contributed by atoms with Crippen LogP contribution in [0.2, 0.25) is 0 Å². The molecule has 0 saturated carbocycles. The first-order valence-corrected chi connectivity index (χ1v) is 5.01. The van der Waals surface area contributed by atoms with Crippen molar-refractivity contribution < 1.29 is 0 Å². The van der Waals surface area contributed by atoms with Gasteiger partial charge in [0.05, 0.1) is 5.51 Å². The minimum absolute atomic E-state index is 0.912. The van der Waals surface area contributed by atoms with Gasteiger partial charge in [0, 0.05) is 29.9 Å². The summed E-state index contributed by atoms with van der Waals surface area (Å²) < 4.78 is 0. The molecule has 0 spiro atoms. The van der Waals surface area contributed by atoms with E-state index in [0.717, 1.165) is 18.8 Å². The zero-order chi connectivity index (χ0) is 8.10. The third kappa shape index (κ3) is 3.22. The minimum Gasteiger partial charge on any atom is -0.300 e. The Bertz CT molecular complexity index is 186. The highest BCUT2D eigenvalue weighted by Gasteiger charge is 1.99. The van der Waals surface area contributed by atoms with Crippen LogP contribution in [0.15, 0.2) is 11.7 Å². The van der Waals surface area contributed by atoms with Gasteiger partial charge in [0.2, 0.25) is 0 Å². The zero-order valence-electron chi connectivity index (χ0n) is 6.53. The van der Waals surface area contributed by atoms with Crippen LogP contribution in [-0.2, 0) is 6.54 Å². The van der Waals surface area contributed by atoms with Gasteiger partial charge in [-0.05, 0) is 7.05 Å². The van der Waals surface area contributed by atoms with Crippen LogP contribution in [0.25, 0.3) is 0 Å². The fourth-order valence-electron chi connectivity index (χ4n) is 0.836. The van der Waals surface area contributed by atoms with Gasteiger partial charge in [-0.2, -0.15) is 12.6 Å². The van der Waals surface area contributed by atoms with Gasteiger partial charge in [0.1, 0.15) is 0 Å². The van der Waals surface area contributed by atoms with Crippen molar-refractivity contribution in [2.24, 2.45) is 0 Å². The maximum Gasteiger partial charge on any atom is 0.0794 e. The van der Waals surface area contributed by atoms with Crippen molar-refractivity contribution in [3.63, 3.8) is 0 Å². The quantitative estimate of drug-likeness (QED) is 0.721. The molecule has 0 aliphatic carbocycles. The maximum atomic E-state index is 4.16. The van der Waals surface area contributed by atoms with Crippen LogP contribution in [0.4, 0.5) is 0 Å². The largest absolute Gasteiger partial charge is 0.300 e. The molecule has 0 fully saturated rings. The molecule has 0 aromatic carbocycles. The number of rotatable bonds is 4. The van der Waals surface area contributed by atoms with Crippen LogP contribution in [0, 0.1) is 0 Å². The summed E-state index contributed by atoms with van der Waals surface area (Å²) in [6, 6.07) is 0. The Morgan fingerprint density at radius 2 is 2.55 bits per heavy atom. The van der Waals surface area contributed by atoms with Crippen LogP contribution in [0.3, 0.4) is 0 Å². The van der Waals surface area contributed by atoms with Crippen molar-refractivity contribution in [3.05, 3.63) is 16.6 Å². The van der Waals surface area contributed by atoms with Crippen molar-refractivity contribution in [3.8, 4) is 0 Å². The molecule has 0 N–H and O–H groups in total. The van der Waals surface area contributed by atoms with E-state index >= 15 is 0 Å². The molecule has 0 aliphatic rings. The Morgan fingerprint density at radius 1 is 1.73 bits per heavy atom. The molecular formula is C7H12N2S2. The molecule has 0 atom stereocenters. The normalized spacial score (nSPS) is 10.8.